The van der Waals surface area contributed by atoms with Crippen molar-refractivity contribution in [2.24, 2.45) is 0 Å². The van der Waals surface area contributed by atoms with Gasteiger partial charge in [-0.25, -0.2) is 4.39 Å². The molecule has 106 valence electrons. The standard InChI is InChI=1S/C17H13ClFNO/c1-11-8-13(6-7-15(11)19)21-17-9-12(10-18)20-16-5-3-2-4-14(16)17/h2-9H,10H2,1H3. The largest absolute Gasteiger partial charge is 0.457 e. The van der Waals surface area contributed by atoms with Gasteiger partial charge in [0.2, 0.25) is 0 Å². The van der Waals surface area contributed by atoms with Gasteiger partial charge in [0.05, 0.1) is 17.1 Å². The average Bonchev–Trinajstić information content (AvgIpc) is 2.51. The zero-order valence-corrected chi connectivity index (χ0v) is 12.2. The Kier molecular flexibility index (Phi) is 3.76. The fraction of sp³-hybridized carbons (Fsp3) is 0.118. The predicted octanol–water partition coefficient (Wildman–Crippen LogP) is 5.21. The topological polar surface area (TPSA) is 22.1 Å². The number of hydrogen-bond acceptors (Lipinski definition) is 2. The van der Waals surface area contributed by atoms with Crippen molar-refractivity contribution in [3.8, 4) is 11.5 Å². The van der Waals surface area contributed by atoms with Crippen LogP contribution in [0.25, 0.3) is 10.9 Å². The molecular formula is C17H13ClFNO. The Labute approximate surface area is 127 Å². The molecule has 3 rings (SSSR count). The summed E-state index contributed by atoms with van der Waals surface area (Å²) in [5.74, 6) is 1.32. The summed E-state index contributed by atoms with van der Waals surface area (Å²) in [6.45, 7) is 1.71. The van der Waals surface area contributed by atoms with Gasteiger partial charge in [-0.1, -0.05) is 12.1 Å². The Morgan fingerprint density at radius 2 is 1.95 bits per heavy atom. The second-order valence-electron chi connectivity index (χ2n) is 4.78. The van der Waals surface area contributed by atoms with Gasteiger partial charge >= 0.3 is 0 Å². The molecule has 0 N–H and O–H groups in total. The Hall–Kier alpha value is -2.13. The molecule has 0 atom stereocenters. The molecule has 0 spiro atoms. The van der Waals surface area contributed by atoms with E-state index in [1.54, 1.807) is 19.1 Å². The third-order valence-corrected chi connectivity index (χ3v) is 3.50. The van der Waals surface area contributed by atoms with Gasteiger partial charge in [0, 0.05) is 11.5 Å². The second-order valence-corrected chi connectivity index (χ2v) is 5.04. The first kappa shape index (κ1) is 13.8. The fourth-order valence-corrected chi connectivity index (χ4v) is 2.29. The Balaban J connectivity index is 2.08. The first-order valence-corrected chi connectivity index (χ1v) is 7.09. The molecule has 0 fully saturated rings. The third kappa shape index (κ3) is 2.83. The van der Waals surface area contributed by atoms with Crippen molar-refractivity contribution in [2.75, 3.05) is 0 Å². The van der Waals surface area contributed by atoms with Crippen molar-refractivity contribution in [3.05, 3.63) is 65.6 Å². The van der Waals surface area contributed by atoms with Gasteiger partial charge in [-0.05, 0) is 42.8 Å². The molecule has 4 heteroatoms. The smallest absolute Gasteiger partial charge is 0.138 e. The van der Waals surface area contributed by atoms with Crippen LogP contribution in [0.3, 0.4) is 0 Å². The zero-order chi connectivity index (χ0) is 14.8. The number of ether oxygens (including phenoxy) is 1. The number of aryl methyl sites for hydroxylation is 1. The van der Waals surface area contributed by atoms with Gasteiger partial charge in [0.15, 0.2) is 0 Å². The predicted molar refractivity (Wildman–Crippen MR) is 82.5 cm³/mol. The van der Waals surface area contributed by atoms with E-state index in [4.69, 9.17) is 16.3 Å². The number of para-hydroxylation sites is 1. The van der Waals surface area contributed by atoms with Crippen LogP contribution in [0.2, 0.25) is 0 Å². The Morgan fingerprint density at radius 3 is 2.71 bits per heavy atom. The highest BCUT2D eigenvalue weighted by Gasteiger charge is 2.08. The Bertz CT molecular complexity index is 804. The summed E-state index contributed by atoms with van der Waals surface area (Å²) >= 11 is 5.88. The number of fused-ring (bicyclic) bond motifs is 1. The number of nitrogens with zero attached hydrogens (tertiary/aromatic N) is 1. The van der Waals surface area contributed by atoms with E-state index in [0.29, 0.717) is 22.9 Å². The number of aromatic nitrogens is 1. The molecule has 2 nitrogen and oxygen atoms in total. The van der Waals surface area contributed by atoms with Crippen molar-refractivity contribution in [1.29, 1.82) is 0 Å². The van der Waals surface area contributed by atoms with E-state index < -0.39 is 0 Å². The minimum Gasteiger partial charge on any atom is -0.457 e. The summed E-state index contributed by atoms with van der Waals surface area (Å²) in [6.07, 6.45) is 0. The highest BCUT2D eigenvalue weighted by molar-refractivity contribution is 6.17. The molecule has 2 aromatic carbocycles. The lowest BCUT2D eigenvalue weighted by Gasteiger charge is -2.11. The maximum atomic E-state index is 13.3. The maximum Gasteiger partial charge on any atom is 0.138 e. The minimum absolute atomic E-state index is 0.247. The molecule has 3 aromatic rings. The first-order valence-electron chi connectivity index (χ1n) is 6.56. The third-order valence-electron chi connectivity index (χ3n) is 3.23. The van der Waals surface area contributed by atoms with Crippen LogP contribution in [-0.2, 0) is 5.88 Å². The molecule has 0 aliphatic heterocycles. The molecule has 21 heavy (non-hydrogen) atoms. The number of benzene rings is 2. The zero-order valence-electron chi connectivity index (χ0n) is 11.4. The Morgan fingerprint density at radius 1 is 1.14 bits per heavy atom. The average molecular weight is 302 g/mol. The molecular weight excluding hydrogens is 289 g/mol. The van der Waals surface area contributed by atoms with Crippen LogP contribution in [0.1, 0.15) is 11.3 Å². The minimum atomic E-state index is -0.247. The lowest BCUT2D eigenvalue weighted by Crippen LogP contribution is -1.93. The van der Waals surface area contributed by atoms with E-state index in [-0.39, 0.29) is 5.82 Å². The van der Waals surface area contributed by atoms with Crippen molar-refractivity contribution >= 4 is 22.5 Å². The molecule has 0 aliphatic rings. The summed E-state index contributed by atoms with van der Waals surface area (Å²) in [4.78, 5) is 4.46. The number of halogens is 2. The van der Waals surface area contributed by atoms with Crippen molar-refractivity contribution in [2.45, 2.75) is 12.8 Å². The summed E-state index contributed by atoms with van der Waals surface area (Å²) in [7, 11) is 0. The van der Waals surface area contributed by atoms with Gasteiger partial charge in [-0.3, -0.25) is 4.98 Å². The van der Waals surface area contributed by atoms with Gasteiger partial charge in [0.25, 0.3) is 0 Å². The second kappa shape index (κ2) is 5.70. The van der Waals surface area contributed by atoms with E-state index in [2.05, 4.69) is 4.98 Å². The van der Waals surface area contributed by atoms with E-state index in [0.717, 1.165) is 16.6 Å². The summed E-state index contributed by atoms with van der Waals surface area (Å²) in [5, 5.41) is 0.897. The fourth-order valence-electron chi connectivity index (χ4n) is 2.16. The van der Waals surface area contributed by atoms with E-state index in [1.165, 1.54) is 6.07 Å². The van der Waals surface area contributed by atoms with E-state index in [1.807, 2.05) is 30.3 Å². The molecule has 0 radical (unpaired) electrons. The lowest BCUT2D eigenvalue weighted by molar-refractivity contribution is 0.484. The van der Waals surface area contributed by atoms with E-state index in [9.17, 15) is 4.39 Å². The van der Waals surface area contributed by atoms with Crippen LogP contribution < -0.4 is 4.74 Å². The number of alkyl halides is 1. The van der Waals surface area contributed by atoms with E-state index >= 15 is 0 Å². The van der Waals surface area contributed by atoms with Crippen LogP contribution in [-0.4, -0.2) is 4.98 Å². The molecule has 0 aliphatic carbocycles. The number of pyridine rings is 1. The van der Waals surface area contributed by atoms with Crippen LogP contribution in [0.5, 0.6) is 11.5 Å². The van der Waals surface area contributed by atoms with Crippen molar-refractivity contribution in [1.82, 2.24) is 4.98 Å². The molecule has 0 saturated carbocycles. The van der Waals surface area contributed by atoms with Crippen molar-refractivity contribution in [3.63, 3.8) is 0 Å². The highest BCUT2D eigenvalue weighted by atomic mass is 35.5. The van der Waals surface area contributed by atoms with Crippen LogP contribution in [0.15, 0.2) is 48.5 Å². The van der Waals surface area contributed by atoms with Gasteiger partial charge in [0.1, 0.15) is 17.3 Å². The lowest BCUT2D eigenvalue weighted by atomic mass is 10.2. The summed E-state index contributed by atoms with van der Waals surface area (Å²) in [6, 6.07) is 14.2. The van der Waals surface area contributed by atoms with Gasteiger partial charge in [-0.15, -0.1) is 11.6 Å². The SMILES string of the molecule is Cc1cc(Oc2cc(CCl)nc3ccccc23)ccc1F. The normalized spacial score (nSPS) is 10.8. The highest BCUT2D eigenvalue weighted by Crippen LogP contribution is 2.31. The monoisotopic (exact) mass is 301 g/mol. The molecule has 0 unspecified atom stereocenters. The maximum absolute atomic E-state index is 13.3. The quantitative estimate of drug-likeness (QED) is 0.619. The summed E-state index contributed by atoms with van der Waals surface area (Å²) < 4.78 is 19.2. The van der Waals surface area contributed by atoms with Gasteiger partial charge in [-0.2, -0.15) is 0 Å². The van der Waals surface area contributed by atoms with Crippen LogP contribution in [0, 0.1) is 12.7 Å². The number of hydrogen-bond donors (Lipinski definition) is 0. The molecule has 0 amide bonds. The molecule has 0 bridgehead atoms. The van der Waals surface area contributed by atoms with Gasteiger partial charge < -0.3 is 4.74 Å². The van der Waals surface area contributed by atoms with Crippen LogP contribution in [0.4, 0.5) is 4.39 Å². The molecule has 1 heterocycles. The van der Waals surface area contributed by atoms with Crippen LogP contribution >= 0.6 is 11.6 Å². The van der Waals surface area contributed by atoms with Crippen molar-refractivity contribution < 1.29 is 9.13 Å². The summed E-state index contributed by atoms with van der Waals surface area (Å²) in [5.41, 5.74) is 2.11. The molecule has 1 aromatic heterocycles. The number of rotatable bonds is 3. The first-order chi connectivity index (χ1) is 10.2. The molecule has 0 saturated heterocycles.